The second-order valence-electron chi connectivity index (χ2n) is 3.82. The van der Waals surface area contributed by atoms with Crippen LogP contribution < -0.4 is 10.5 Å². The maximum absolute atomic E-state index is 12.0. The second-order valence-corrected chi connectivity index (χ2v) is 5.91. The Morgan fingerprint density at radius 2 is 1.94 bits per heavy atom. The first kappa shape index (κ1) is 15.2. The van der Waals surface area contributed by atoms with E-state index >= 15 is 0 Å². The van der Waals surface area contributed by atoms with Gasteiger partial charge in [-0.15, -0.1) is 0 Å². The minimum atomic E-state index is -3.86. The van der Waals surface area contributed by atoms with Crippen LogP contribution in [0.25, 0.3) is 0 Å². The minimum Gasteiger partial charge on any atom is -0.397 e. The van der Waals surface area contributed by atoms with Gasteiger partial charge in [-0.25, -0.2) is 13.1 Å². The van der Waals surface area contributed by atoms with Gasteiger partial charge in [0.25, 0.3) is 0 Å². The van der Waals surface area contributed by atoms with Crippen molar-refractivity contribution in [2.45, 2.75) is 17.9 Å². The summed E-state index contributed by atoms with van der Waals surface area (Å²) >= 11 is 5.78. The van der Waals surface area contributed by atoms with Crippen molar-refractivity contribution in [2.75, 3.05) is 18.9 Å². The first-order valence-electron chi connectivity index (χ1n) is 5.11. The summed E-state index contributed by atoms with van der Waals surface area (Å²) in [6, 6.07) is 1.73. The number of nitrogens with two attached hydrogens (primary N) is 1. The number of anilines is 1. The van der Waals surface area contributed by atoms with Crippen molar-refractivity contribution in [2.24, 2.45) is 0 Å². The van der Waals surface area contributed by atoms with E-state index < -0.39 is 29.3 Å². The number of nitrogens with one attached hydrogen (secondary N) is 1. The van der Waals surface area contributed by atoms with Crippen LogP contribution in [-0.2, 0) is 10.0 Å². The van der Waals surface area contributed by atoms with Gasteiger partial charge in [-0.05, 0) is 24.6 Å². The molecular weight excluding hydrogens is 280 g/mol. The molecule has 0 unspecified atom stereocenters. The van der Waals surface area contributed by atoms with Gasteiger partial charge in [0.05, 0.1) is 34.9 Å². The SMILES string of the molecule is Cc1cc(Cl)c(N)cc1S(=O)(=O)NC(CO)CO. The van der Waals surface area contributed by atoms with E-state index in [2.05, 4.69) is 4.72 Å². The molecule has 0 amide bonds. The predicted octanol–water partition coefficient (Wildman–Crippen LogP) is -0.138. The van der Waals surface area contributed by atoms with Crippen molar-refractivity contribution in [1.29, 1.82) is 0 Å². The molecule has 0 fully saturated rings. The molecule has 8 heteroatoms. The lowest BCUT2D eigenvalue weighted by Gasteiger charge is -2.15. The average Bonchev–Trinajstić information content (AvgIpc) is 2.30. The van der Waals surface area contributed by atoms with E-state index in [4.69, 9.17) is 27.5 Å². The smallest absolute Gasteiger partial charge is 0.241 e. The fourth-order valence-corrected chi connectivity index (χ4v) is 3.07. The molecule has 0 aromatic heterocycles. The molecule has 0 bridgehead atoms. The minimum absolute atomic E-state index is 0.0312. The number of aliphatic hydroxyl groups excluding tert-OH is 2. The van der Waals surface area contributed by atoms with Gasteiger partial charge in [-0.1, -0.05) is 11.6 Å². The molecule has 0 saturated heterocycles. The van der Waals surface area contributed by atoms with Crippen LogP contribution in [-0.4, -0.2) is 37.9 Å². The topological polar surface area (TPSA) is 113 Å². The van der Waals surface area contributed by atoms with Crippen molar-refractivity contribution in [3.05, 3.63) is 22.7 Å². The first-order valence-corrected chi connectivity index (χ1v) is 6.97. The van der Waals surface area contributed by atoms with Crippen LogP contribution in [0.5, 0.6) is 0 Å². The van der Waals surface area contributed by atoms with E-state index in [1.165, 1.54) is 12.1 Å². The molecule has 0 radical (unpaired) electrons. The lowest BCUT2D eigenvalue weighted by molar-refractivity contribution is 0.185. The zero-order valence-corrected chi connectivity index (χ0v) is 11.3. The van der Waals surface area contributed by atoms with Gasteiger partial charge in [0.15, 0.2) is 0 Å². The Hall–Kier alpha value is -0.860. The number of hydrogen-bond donors (Lipinski definition) is 4. The first-order chi connectivity index (χ1) is 8.31. The molecule has 0 saturated carbocycles. The molecule has 0 aliphatic heterocycles. The predicted molar refractivity (Wildman–Crippen MR) is 68.9 cm³/mol. The third kappa shape index (κ3) is 3.33. The highest BCUT2D eigenvalue weighted by molar-refractivity contribution is 7.89. The number of rotatable bonds is 5. The van der Waals surface area contributed by atoms with E-state index in [1.54, 1.807) is 6.92 Å². The summed E-state index contributed by atoms with van der Waals surface area (Å²) < 4.78 is 26.2. The fourth-order valence-electron chi connectivity index (χ4n) is 1.37. The number of sulfonamides is 1. The van der Waals surface area contributed by atoms with Crippen LogP contribution in [0.2, 0.25) is 5.02 Å². The molecule has 0 atom stereocenters. The molecule has 102 valence electrons. The lowest BCUT2D eigenvalue weighted by Crippen LogP contribution is -2.40. The molecule has 0 heterocycles. The number of benzene rings is 1. The summed E-state index contributed by atoms with van der Waals surface area (Å²) in [5.41, 5.74) is 6.13. The summed E-state index contributed by atoms with van der Waals surface area (Å²) in [5.74, 6) is 0. The van der Waals surface area contributed by atoms with Crippen LogP contribution in [0.4, 0.5) is 5.69 Å². The molecule has 0 aliphatic rings. The Labute approximate surface area is 110 Å². The summed E-state index contributed by atoms with van der Waals surface area (Å²) in [5, 5.41) is 18.0. The Bertz CT molecular complexity index is 529. The highest BCUT2D eigenvalue weighted by Gasteiger charge is 2.22. The van der Waals surface area contributed by atoms with Gasteiger partial charge < -0.3 is 15.9 Å². The number of hydrogen-bond acceptors (Lipinski definition) is 5. The lowest BCUT2D eigenvalue weighted by atomic mass is 10.2. The highest BCUT2D eigenvalue weighted by Crippen LogP contribution is 2.26. The Kier molecular flexibility index (Phi) is 4.94. The van der Waals surface area contributed by atoms with E-state index in [-0.39, 0.29) is 15.6 Å². The standard InChI is InChI=1S/C10H15ClN2O4S/c1-6-2-8(11)9(12)3-10(6)18(16,17)13-7(4-14)5-15/h2-3,7,13-15H,4-5,12H2,1H3. The molecule has 18 heavy (non-hydrogen) atoms. The second kappa shape index (κ2) is 5.85. The summed E-state index contributed by atoms with van der Waals surface area (Å²) in [4.78, 5) is -0.0312. The zero-order valence-electron chi connectivity index (χ0n) is 9.72. The highest BCUT2D eigenvalue weighted by atomic mass is 35.5. The maximum atomic E-state index is 12.0. The van der Waals surface area contributed by atoms with Gasteiger partial charge in [-0.3, -0.25) is 0 Å². The third-order valence-electron chi connectivity index (χ3n) is 2.35. The van der Waals surface area contributed by atoms with Crippen LogP contribution in [0.15, 0.2) is 17.0 Å². The Morgan fingerprint density at radius 1 is 1.39 bits per heavy atom. The van der Waals surface area contributed by atoms with Crippen LogP contribution >= 0.6 is 11.6 Å². The van der Waals surface area contributed by atoms with E-state index in [9.17, 15) is 8.42 Å². The number of halogens is 1. The monoisotopic (exact) mass is 294 g/mol. The molecule has 1 aromatic rings. The normalized spacial score (nSPS) is 12.1. The van der Waals surface area contributed by atoms with E-state index in [0.29, 0.717) is 5.56 Å². The summed E-state index contributed by atoms with van der Waals surface area (Å²) in [6.45, 7) is 0.572. The van der Waals surface area contributed by atoms with Gasteiger partial charge in [0.1, 0.15) is 0 Å². The Morgan fingerprint density at radius 3 is 2.44 bits per heavy atom. The molecule has 6 nitrogen and oxygen atoms in total. The van der Waals surface area contributed by atoms with Crippen LogP contribution in [0.3, 0.4) is 0 Å². The van der Waals surface area contributed by atoms with Crippen molar-refractivity contribution >= 4 is 27.3 Å². The van der Waals surface area contributed by atoms with Crippen molar-refractivity contribution in [3.63, 3.8) is 0 Å². The summed E-state index contributed by atoms with van der Waals surface area (Å²) in [6.07, 6.45) is 0. The average molecular weight is 295 g/mol. The molecule has 1 rings (SSSR count). The number of nitrogen functional groups attached to an aromatic ring is 1. The zero-order chi connectivity index (χ0) is 13.9. The Balaban J connectivity index is 3.16. The summed E-state index contributed by atoms with van der Waals surface area (Å²) in [7, 11) is -3.86. The van der Waals surface area contributed by atoms with Gasteiger partial charge in [-0.2, -0.15) is 0 Å². The van der Waals surface area contributed by atoms with Gasteiger partial charge >= 0.3 is 0 Å². The van der Waals surface area contributed by atoms with Crippen LogP contribution in [0.1, 0.15) is 5.56 Å². The molecule has 0 spiro atoms. The van der Waals surface area contributed by atoms with Crippen molar-refractivity contribution in [1.82, 2.24) is 4.72 Å². The molecule has 5 N–H and O–H groups in total. The van der Waals surface area contributed by atoms with E-state index in [0.717, 1.165) is 0 Å². The van der Waals surface area contributed by atoms with Crippen molar-refractivity contribution in [3.8, 4) is 0 Å². The van der Waals surface area contributed by atoms with Crippen molar-refractivity contribution < 1.29 is 18.6 Å². The molecule has 0 aliphatic carbocycles. The maximum Gasteiger partial charge on any atom is 0.241 e. The third-order valence-corrected chi connectivity index (χ3v) is 4.34. The van der Waals surface area contributed by atoms with E-state index in [1.807, 2.05) is 0 Å². The van der Waals surface area contributed by atoms with Gasteiger partial charge in [0, 0.05) is 0 Å². The van der Waals surface area contributed by atoms with Crippen LogP contribution in [0, 0.1) is 6.92 Å². The number of aliphatic hydroxyl groups is 2. The van der Waals surface area contributed by atoms with Gasteiger partial charge in [0.2, 0.25) is 10.0 Å². The number of aryl methyl sites for hydroxylation is 1. The molecular formula is C10H15ClN2O4S. The fraction of sp³-hybridized carbons (Fsp3) is 0.400. The quantitative estimate of drug-likeness (QED) is 0.565. The largest absolute Gasteiger partial charge is 0.397 e. The molecule has 1 aromatic carbocycles.